The van der Waals surface area contributed by atoms with Crippen molar-refractivity contribution >= 4 is 23.4 Å². The van der Waals surface area contributed by atoms with Crippen LogP contribution in [0.4, 0.5) is 5.69 Å². The first-order valence-corrected chi connectivity index (χ1v) is 9.94. The lowest BCUT2D eigenvalue weighted by Crippen LogP contribution is -2.17. The van der Waals surface area contributed by atoms with Crippen molar-refractivity contribution in [2.75, 3.05) is 11.1 Å². The minimum absolute atomic E-state index is 0.0458. The number of nitrogens with one attached hydrogen (secondary N) is 1. The highest BCUT2D eigenvalue weighted by molar-refractivity contribution is 7.99. The molecule has 3 aromatic rings. The van der Waals surface area contributed by atoms with Gasteiger partial charge in [-0.25, -0.2) is 0 Å². The van der Waals surface area contributed by atoms with E-state index >= 15 is 0 Å². The molecule has 0 aliphatic heterocycles. The highest BCUT2D eigenvalue weighted by Crippen LogP contribution is 2.28. The monoisotopic (exact) mass is 380 g/mol. The zero-order chi connectivity index (χ0) is 19.4. The van der Waals surface area contributed by atoms with Gasteiger partial charge >= 0.3 is 0 Å². The second-order valence-corrected chi connectivity index (χ2v) is 7.74. The Hall–Kier alpha value is -2.60. The maximum absolute atomic E-state index is 12.6. The Labute approximate surface area is 164 Å². The molecule has 6 heteroatoms. The van der Waals surface area contributed by atoms with Gasteiger partial charge in [0, 0.05) is 5.69 Å². The highest BCUT2D eigenvalue weighted by Gasteiger charge is 2.14. The molecule has 1 N–H and O–H groups in total. The van der Waals surface area contributed by atoms with Crippen molar-refractivity contribution in [1.82, 2.24) is 14.8 Å². The Balaban J connectivity index is 1.72. The zero-order valence-corrected chi connectivity index (χ0v) is 16.9. The summed E-state index contributed by atoms with van der Waals surface area (Å²) in [6.45, 7) is 8.32. The Bertz CT molecular complexity index is 949. The van der Waals surface area contributed by atoms with Gasteiger partial charge in [0.15, 0.2) is 5.16 Å². The van der Waals surface area contributed by atoms with Gasteiger partial charge < -0.3 is 5.32 Å². The Kier molecular flexibility index (Phi) is 5.96. The van der Waals surface area contributed by atoms with Gasteiger partial charge in [-0.05, 0) is 42.5 Å². The smallest absolute Gasteiger partial charge is 0.234 e. The number of benzene rings is 2. The molecule has 1 heterocycles. The molecular formula is C21H24N4OS. The van der Waals surface area contributed by atoms with Crippen LogP contribution in [0, 0.1) is 13.8 Å². The molecule has 3 rings (SSSR count). The third-order valence-electron chi connectivity index (χ3n) is 4.42. The standard InChI is InChI=1S/C21H24N4OS/c1-14(2)17-10-7-9-16(4)20(17)23-19(26)12-27-21-24-22-13-25(21)18-11-6-5-8-15(18)3/h5-11,13-14H,12H2,1-4H3,(H,23,26). The van der Waals surface area contributed by atoms with Crippen LogP contribution >= 0.6 is 11.8 Å². The topological polar surface area (TPSA) is 59.8 Å². The van der Waals surface area contributed by atoms with Crippen LogP contribution in [0.3, 0.4) is 0 Å². The van der Waals surface area contributed by atoms with Gasteiger partial charge in [0.1, 0.15) is 6.33 Å². The fourth-order valence-electron chi connectivity index (χ4n) is 2.97. The van der Waals surface area contributed by atoms with Gasteiger partial charge in [-0.3, -0.25) is 9.36 Å². The van der Waals surface area contributed by atoms with E-state index in [1.807, 2.05) is 54.8 Å². The first kappa shape index (κ1) is 19.2. The number of nitrogens with zero attached hydrogens (tertiary/aromatic N) is 3. The fraction of sp³-hybridized carbons (Fsp3) is 0.286. The maximum atomic E-state index is 12.6. The summed E-state index contributed by atoms with van der Waals surface area (Å²) in [6, 6.07) is 14.2. The van der Waals surface area contributed by atoms with Gasteiger partial charge in [0.2, 0.25) is 5.91 Å². The molecule has 0 fully saturated rings. The van der Waals surface area contributed by atoms with Crippen molar-refractivity contribution < 1.29 is 4.79 Å². The van der Waals surface area contributed by atoms with Crippen molar-refractivity contribution in [2.24, 2.45) is 0 Å². The number of para-hydroxylation sites is 2. The van der Waals surface area contributed by atoms with Crippen LogP contribution < -0.4 is 5.32 Å². The molecule has 27 heavy (non-hydrogen) atoms. The summed E-state index contributed by atoms with van der Waals surface area (Å²) < 4.78 is 1.92. The lowest BCUT2D eigenvalue weighted by molar-refractivity contribution is -0.113. The Morgan fingerprint density at radius 2 is 1.85 bits per heavy atom. The Morgan fingerprint density at radius 3 is 2.59 bits per heavy atom. The molecule has 0 radical (unpaired) electrons. The third kappa shape index (κ3) is 4.39. The molecule has 0 saturated carbocycles. The number of aromatic nitrogens is 3. The summed E-state index contributed by atoms with van der Waals surface area (Å²) in [7, 11) is 0. The molecule has 0 saturated heterocycles. The number of amides is 1. The minimum Gasteiger partial charge on any atom is -0.325 e. The zero-order valence-electron chi connectivity index (χ0n) is 16.1. The third-order valence-corrected chi connectivity index (χ3v) is 5.36. The molecule has 0 spiro atoms. The largest absolute Gasteiger partial charge is 0.325 e. The van der Waals surface area contributed by atoms with Gasteiger partial charge in [0.25, 0.3) is 0 Å². The first-order chi connectivity index (χ1) is 13.0. The van der Waals surface area contributed by atoms with Crippen molar-refractivity contribution in [3.8, 4) is 5.69 Å². The van der Waals surface area contributed by atoms with E-state index in [1.54, 1.807) is 6.33 Å². The van der Waals surface area contributed by atoms with Crippen LogP contribution in [0.5, 0.6) is 0 Å². The molecule has 1 aromatic heterocycles. The SMILES string of the molecule is Cc1ccccc1-n1cnnc1SCC(=O)Nc1c(C)cccc1C(C)C. The van der Waals surface area contributed by atoms with Crippen molar-refractivity contribution in [3.63, 3.8) is 0 Å². The predicted octanol–water partition coefficient (Wildman–Crippen LogP) is 4.74. The number of carbonyl (C=O) groups is 1. The number of anilines is 1. The molecular weight excluding hydrogens is 356 g/mol. The first-order valence-electron chi connectivity index (χ1n) is 8.95. The van der Waals surface area contributed by atoms with Crippen LogP contribution in [0.25, 0.3) is 5.69 Å². The van der Waals surface area contributed by atoms with Crippen molar-refractivity contribution in [3.05, 3.63) is 65.5 Å². The summed E-state index contributed by atoms with van der Waals surface area (Å²) in [5.74, 6) is 0.573. The van der Waals surface area contributed by atoms with Crippen LogP contribution in [0.2, 0.25) is 0 Å². The summed E-state index contributed by atoms with van der Waals surface area (Å²) >= 11 is 1.38. The molecule has 0 atom stereocenters. The summed E-state index contributed by atoms with van der Waals surface area (Å²) in [6.07, 6.45) is 1.68. The average Bonchev–Trinajstić information content (AvgIpc) is 3.10. The van der Waals surface area contributed by atoms with E-state index in [9.17, 15) is 4.79 Å². The number of aryl methyl sites for hydroxylation is 2. The Morgan fingerprint density at radius 1 is 1.11 bits per heavy atom. The molecule has 0 bridgehead atoms. The molecule has 1 amide bonds. The summed E-state index contributed by atoms with van der Waals surface area (Å²) in [4.78, 5) is 12.6. The summed E-state index contributed by atoms with van der Waals surface area (Å²) in [5.41, 5.74) is 5.29. The molecule has 2 aromatic carbocycles. The van der Waals surface area contributed by atoms with E-state index in [-0.39, 0.29) is 11.7 Å². The average molecular weight is 381 g/mol. The van der Waals surface area contributed by atoms with E-state index in [4.69, 9.17) is 0 Å². The fourth-order valence-corrected chi connectivity index (χ4v) is 3.69. The van der Waals surface area contributed by atoms with Crippen LogP contribution in [-0.2, 0) is 4.79 Å². The van der Waals surface area contributed by atoms with E-state index in [2.05, 4.69) is 35.4 Å². The van der Waals surface area contributed by atoms with Gasteiger partial charge in [0.05, 0.1) is 11.4 Å². The lowest BCUT2D eigenvalue weighted by atomic mass is 9.98. The van der Waals surface area contributed by atoms with Crippen LogP contribution in [-0.4, -0.2) is 26.4 Å². The quantitative estimate of drug-likeness (QED) is 0.628. The lowest BCUT2D eigenvalue weighted by Gasteiger charge is -2.16. The van der Waals surface area contributed by atoms with Gasteiger partial charge in [-0.1, -0.05) is 62.0 Å². The number of thioether (sulfide) groups is 1. The molecule has 0 unspecified atom stereocenters. The molecule has 140 valence electrons. The minimum atomic E-state index is -0.0458. The van der Waals surface area contributed by atoms with Crippen LogP contribution in [0.15, 0.2) is 53.9 Å². The van der Waals surface area contributed by atoms with Crippen molar-refractivity contribution in [1.29, 1.82) is 0 Å². The second kappa shape index (κ2) is 8.39. The van der Waals surface area contributed by atoms with E-state index in [0.29, 0.717) is 11.1 Å². The molecule has 0 aliphatic rings. The van der Waals surface area contributed by atoms with Gasteiger partial charge in [-0.15, -0.1) is 10.2 Å². The molecule has 5 nitrogen and oxygen atoms in total. The van der Waals surface area contributed by atoms with Gasteiger partial charge in [-0.2, -0.15) is 0 Å². The van der Waals surface area contributed by atoms with E-state index < -0.39 is 0 Å². The van der Waals surface area contributed by atoms with E-state index in [0.717, 1.165) is 28.1 Å². The number of rotatable bonds is 6. The predicted molar refractivity (Wildman–Crippen MR) is 111 cm³/mol. The number of carbonyl (C=O) groups excluding carboxylic acids is 1. The van der Waals surface area contributed by atoms with Crippen molar-refractivity contribution in [2.45, 2.75) is 38.8 Å². The normalized spacial score (nSPS) is 11.0. The number of hydrogen-bond acceptors (Lipinski definition) is 4. The second-order valence-electron chi connectivity index (χ2n) is 6.80. The summed E-state index contributed by atoms with van der Waals surface area (Å²) in [5, 5.41) is 12.0. The van der Waals surface area contributed by atoms with E-state index in [1.165, 1.54) is 11.8 Å². The maximum Gasteiger partial charge on any atom is 0.234 e. The highest BCUT2D eigenvalue weighted by atomic mass is 32.2. The number of hydrogen-bond donors (Lipinski definition) is 1. The molecule has 0 aliphatic carbocycles. The van der Waals surface area contributed by atoms with Crippen LogP contribution in [0.1, 0.15) is 36.5 Å².